The molecule has 0 aromatic heterocycles. The summed E-state index contributed by atoms with van der Waals surface area (Å²) in [5.74, 6) is 2.72. The Morgan fingerprint density at radius 1 is 1.17 bits per heavy atom. The Bertz CT molecular complexity index is 493. The predicted molar refractivity (Wildman–Crippen MR) is 93.8 cm³/mol. The Labute approximate surface area is 139 Å². The molecule has 1 aromatic rings. The fourth-order valence-electron chi connectivity index (χ4n) is 2.04. The van der Waals surface area contributed by atoms with E-state index in [4.69, 9.17) is 14.2 Å². The van der Waals surface area contributed by atoms with Crippen molar-refractivity contribution in [2.24, 2.45) is 4.99 Å². The lowest BCUT2D eigenvalue weighted by molar-refractivity contribution is 0.288. The van der Waals surface area contributed by atoms with Gasteiger partial charge in [-0.05, 0) is 38.0 Å². The molecule has 0 heterocycles. The minimum atomic E-state index is 0.366. The summed E-state index contributed by atoms with van der Waals surface area (Å²) in [6.45, 7) is 7.34. The maximum Gasteiger partial charge on any atom is 0.203 e. The van der Waals surface area contributed by atoms with Gasteiger partial charge in [-0.25, -0.2) is 0 Å². The molecule has 0 spiro atoms. The third-order valence-corrected chi connectivity index (χ3v) is 3.49. The molecule has 0 bridgehead atoms. The van der Waals surface area contributed by atoms with Gasteiger partial charge in [0.15, 0.2) is 17.5 Å². The molecule has 0 saturated carbocycles. The van der Waals surface area contributed by atoms with E-state index < -0.39 is 0 Å². The van der Waals surface area contributed by atoms with E-state index in [1.54, 1.807) is 21.3 Å². The van der Waals surface area contributed by atoms with Gasteiger partial charge in [-0.1, -0.05) is 6.92 Å². The molecular formula is C17H29N3O3. The Hall–Kier alpha value is -2.11. The summed E-state index contributed by atoms with van der Waals surface area (Å²) in [5, 5.41) is 6.62. The van der Waals surface area contributed by atoms with Crippen LogP contribution in [0.2, 0.25) is 0 Å². The molecule has 0 aliphatic carbocycles. The van der Waals surface area contributed by atoms with Crippen molar-refractivity contribution >= 4 is 5.96 Å². The van der Waals surface area contributed by atoms with Gasteiger partial charge in [0.2, 0.25) is 5.75 Å². The van der Waals surface area contributed by atoms with Crippen molar-refractivity contribution in [1.82, 2.24) is 10.6 Å². The first-order valence-corrected chi connectivity index (χ1v) is 7.94. The summed E-state index contributed by atoms with van der Waals surface area (Å²) < 4.78 is 16.4. The lowest BCUT2D eigenvalue weighted by atomic mass is 10.1. The highest BCUT2D eigenvalue weighted by Crippen LogP contribution is 2.38. The van der Waals surface area contributed by atoms with Gasteiger partial charge in [0.05, 0.1) is 20.8 Å². The van der Waals surface area contributed by atoms with Crippen LogP contribution in [0.4, 0.5) is 0 Å². The first-order valence-electron chi connectivity index (χ1n) is 7.94. The van der Waals surface area contributed by atoms with Gasteiger partial charge in [0.25, 0.3) is 0 Å². The molecule has 23 heavy (non-hydrogen) atoms. The number of nitrogens with zero attached hydrogens (tertiary/aromatic N) is 1. The summed E-state index contributed by atoms with van der Waals surface area (Å²) in [6, 6.07) is 4.25. The summed E-state index contributed by atoms with van der Waals surface area (Å²) in [4.78, 5) is 4.23. The number of benzene rings is 1. The normalized spacial score (nSPS) is 12.5. The Morgan fingerprint density at radius 3 is 2.22 bits per heavy atom. The van der Waals surface area contributed by atoms with Gasteiger partial charge in [-0.3, -0.25) is 4.99 Å². The second-order valence-corrected chi connectivity index (χ2v) is 5.14. The maximum absolute atomic E-state index is 5.61. The van der Waals surface area contributed by atoms with Crippen molar-refractivity contribution in [2.45, 2.75) is 39.8 Å². The molecule has 6 nitrogen and oxygen atoms in total. The molecule has 1 unspecified atom stereocenters. The van der Waals surface area contributed by atoms with E-state index in [2.05, 4.69) is 29.5 Å². The topological polar surface area (TPSA) is 64.1 Å². The van der Waals surface area contributed by atoms with Gasteiger partial charge in [-0.2, -0.15) is 0 Å². The Kier molecular flexibility index (Phi) is 8.08. The molecule has 0 saturated heterocycles. The molecule has 2 N–H and O–H groups in total. The smallest absolute Gasteiger partial charge is 0.203 e. The van der Waals surface area contributed by atoms with Gasteiger partial charge in [-0.15, -0.1) is 0 Å². The number of ether oxygens (including phenoxy) is 3. The van der Waals surface area contributed by atoms with Gasteiger partial charge >= 0.3 is 0 Å². The molecule has 0 aliphatic rings. The number of guanidine groups is 1. The van der Waals surface area contributed by atoms with Crippen LogP contribution >= 0.6 is 0 Å². The number of methoxy groups -OCH3 is 2. The molecule has 0 amide bonds. The van der Waals surface area contributed by atoms with Crippen molar-refractivity contribution in [1.29, 1.82) is 0 Å². The van der Waals surface area contributed by atoms with E-state index in [-0.39, 0.29) is 0 Å². The third kappa shape index (κ3) is 5.54. The monoisotopic (exact) mass is 323 g/mol. The molecule has 0 fully saturated rings. The number of nitrogens with one attached hydrogen (secondary N) is 2. The van der Waals surface area contributed by atoms with Crippen molar-refractivity contribution in [3.63, 3.8) is 0 Å². The first kappa shape index (κ1) is 18.9. The zero-order valence-electron chi connectivity index (χ0n) is 15.0. The molecule has 1 aromatic carbocycles. The highest BCUT2D eigenvalue weighted by molar-refractivity contribution is 5.79. The van der Waals surface area contributed by atoms with Crippen LogP contribution in [0, 0.1) is 0 Å². The molecule has 1 atom stereocenters. The van der Waals surface area contributed by atoms with E-state index >= 15 is 0 Å². The molecule has 130 valence electrons. The minimum absolute atomic E-state index is 0.366. The van der Waals surface area contributed by atoms with Crippen molar-refractivity contribution in [3.05, 3.63) is 17.7 Å². The average molecular weight is 323 g/mol. The van der Waals surface area contributed by atoms with Crippen LogP contribution < -0.4 is 24.8 Å². The van der Waals surface area contributed by atoms with Crippen LogP contribution in [0.15, 0.2) is 17.1 Å². The molecule has 0 radical (unpaired) electrons. The summed E-state index contributed by atoms with van der Waals surface area (Å²) in [7, 11) is 5.01. The summed E-state index contributed by atoms with van der Waals surface area (Å²) >= 11 is 0. The Morgan fingerprint density at radius 2 is 1.78 bits per heavy atom. The second kappa shape index (κ2) is 9.82. The number of hydrogen-bond acceptors (Lipinski definition) is 4. The standard InChI is InChI=1S/C17H29N3O3/c1-7-12(3)20-17(18-4)19-11-13-9-14(21-5)16(23-8-2)15(10-13)22-6/h9-10,12H,7-8,11H2,1-6H3,(H2,18,19,20). The second-order valence-electron chi connectivity index (χ2n) is 5.14. The van der Waals surface area contributed by atoms with Crippen LogP contribution in [0.25, 0.3) is 0 Å². The van der Waals surface area contributed by atoms with Crippen molar-refractivity contribution in [3.8, 4) is 17.2 Å². The van der Waals surface area contributed by atoms with E-state index in [1.807, 2.05) is 19.1 Å². The SMILES string of the molecule is CCOc1c(OC)cc(CNC(=NC)NC(C)CC)cc1OC. The van der Waals surface area contributed by atoms with E-state index in [9.17, 15) is 0 Å². The van der Waals surface area contributed by atoms with E-state index in [0.29, 0.717) is 36.4 Å². The van der Waals surface area contributed by atoms with Gasteiger partial charge in [0.1, 0.15) is 0 Å². The van der Waals surface area contributed by atoms with Crippen LogP contribution in [0.3, 0.4) is 0 Å². The van der Waals surface area contributed by atoms with Crippen LogP contribution in [0.1, 0.15) is 32.8 Å². The fourth-order valence-corrected chi connectivity index (χ4v) is 2.04. The van der Waals surface area contributed by atoms with Gasteiger partial charge in [0, 0.05) is 19.6 Å². The quantitative estimate of drug-likeness (QED) is 0.569. The highest BCUT2D eigenvalue weighted by Gasteiger charge is 2.14. The predicted octanol–water partition coefficient (Wildman–Crippen LogP) is 2.57. The molecule has 1 rings (SSSR count). The first-order chi connectivity index (χ1) is 11.1. The molecular weight excluding hydrogens is 294 g/mol. The number of rotatable bonds is 8. The number of hydrogen-bond donors (Lipinski definition) is 2. The summed E-state index contributed by atoms with van der Waals surface area (Å²) in [6.07, 6.45) is 1.03. The highest BCUT2D eigenvalue weighted by atomic mass is 16.5. The van der Waals surface area contributed by atoms with Crippen LogP contribution in [0.5, 0.6) is 17.2 Å². The zero-order chi connectivity index (χ0) is 17.2. The Balaban J connectivity index is 2.88. The third-order valence-electron chi connectivity index (χ3n) is 3.49. The van der Waals surface area contributed by atoms with E-state index in [1.165, 1.54) is 0 Å². The van der Waals surface area contributed by atoms with Crippen molar-refractivity contribution in [2.75, 3.05) is 27.9 Å². The largest absolute Gasteiger partial charge is 0.493 e. The minimum Gasteiger partial charge on any atom is -0.493 e. The zero-order valence-corrected chi connectivity index (χ0v) is 15.0. The molecule has 6 heteroatoms. The van der Waals surface area contributed by atoms with Gasteiger partial charge < -0.3 is 24.8 Å². The van der Waals surface area contributed by atoms with E-state index in [0.717, 1.165) is 17.9 Å². The molecule has 0 aliphatic heterocycles. The van der Waals surface area contributed by atoms with Crippen LogP contribution in [-0.4, -0.2) is 39.9 Å². The summed E-state index contributed by atoms with van der Waals surface area (Å²) in [5.41, 5.74) is 1.02. The number of aliphatic imine (C=N–C) groups is 1. The lowest BCUT2D eigenvalue weighted by Crippen LogP contribution is -2.41. The fraction of sp³-hybridized carbons (Fsp3) is 0.588. The maximum atomic E-state index is 5.61. The average Bonchev–Trinajstić information content (AvgIpc) is 2.58. The van der Waals surface area contributed by atoms with Crippen molar-refractivity contribution < 1.29 is 14.2 Å². The lowest BCUT2D eigenvalue weighted by Gasteiger charge is -2.18. The van der Waals surface area contributed by atoms with Crippen LogP contribution in [-0.2, 0) is 6.54 Å².